The lowest BCUT2D eigenvalue weighted by atomic mass is 10.4. The van der Waals surface area contributed by atoms with Gasteiger partial charge in [0, 0.05) is 24.2 Å². The lowest BCUT2D eigenvalue weighted by molar-refractivity contribution is -0.124. The van der Waals surface area contributed by atoms with E-state index in [0.29, 0.717) is 6.67 Å². The maximum absolute atomic E-state index is 11.5. The highest BCUT2D eigenvalue weighted by atomic mass is 32.2. The van der Waals surface area contributed by atoms with Crippen molar-refractivity contribution < 1.29 is 4.79 Å². The Kier molecular flexibility index (Phi) is 3.82. The highest BCUT2D eigenvalue weighted by Crippen LogP contribution is 2.22. The van der Waals surface area contributed by atoms with Crippen LogP contribution in [0.3, 0.4) is 0 Å². The largest absolute Gasteiger partial charge is 0.318 e. The summed E-state index contributed by atoms with van der Waals surface area (Å²) in [6.45, 7) is 2.06. The van der Waals surface area contributed by atoms with Gasteiger partial charge in [0.25, 0.3) is 0 Å². The number of benzene rings is 1. The molecule has 88 valence electrons. The molecule has 5 heteroatoms. The second-order valence-corrected chi connectivity index (χ2v) is 4.61. The Balaban J connectivity index is 2.06. The molecular weight excluding hydrogens is 234 g/mol. The first kappa shape index (κ1) is 11.7. The Hall–Kier alpha value is -1.75. The molecule has 2 rings (SSSR count). The van der Waals surface area contributed by atoms with Crippen LogP contribution in [0.4, 0.5) is 0 Å². The maximum Gasteiger partial charge on any atom is 0.231 e. The summed E-state index contributed by atoms with van der Waals surface area (Å²) < 4.78 is 3.55. The number of carbonyl (C=O) groups is 1. The summed E-state index contributed by atoms with van der Waals surface area (Å²) in [5, 5.41) is 0. The normalized spacial score (nSPS) is 10.2. The molecule has 1 amide bonds. The van der Waals surface area contributed by atoms with Crippen LogP contribution in [0.25, 0.3) is 0 Å². The first-order valence-corrected chi connectivity index (χ1v) is 6.00. The third kappa shape index (κ3) is 3.35. The van der Waals surface area contributed by atoms with Crippen LogP contribution in [0.5, 0.6) is 0 Å². The number of rotatable bonds is 4. The third-order valence-electron chi connectivity index (χ3n) is 2.16. The molecule has 1 aromatic heterocycles. The minimum Gasteiger partial charge on any atom is -0.318 e. The molecule has 0 unspecified atom stereocenters. The summed E-state index contributed by atoms with van der Waals surface area (Å²) in [4.78, 5) is 16.5. The SMILES string of the molecule is CC(=O)N(Cn1ccnc1)Sc1ccccc1. The summed E-state index contributed by atoms with van der Waals surface area (Å²) in [5.41, 5.74) is 0. The molecule has 1 aromatic carbocycles. The summed E-state index contributed by atoms with van der Waals surface area (Å²) in [5.74, 6) is 0.0209. The van der Waals surface area contributed by atoms with Gasteiger partial charge in [-0.25, -0.2) is 4.98 Å². The van der Waals surface area contributed by atoms with Gasteiger partial charge in [-0.05, 0) is 24.1 Å². The van der Waals surface area contributed by atoms with Crippen LogP contribution in [-0.2, 0) is 11.5 Å². The van der Waals surface area contributed by atoms with Crippen molar-refractivity contribution in [2.45, 2.75) is 18.5 Å². The van der Waals surface area contributed by atoms with E-state index in [1.165, 1.54) is 11.9 Å². The maximum atomic E-state index is 11.5. The van der Waals surface area contributed by atoms with Crippen LogP contribution >= 0.6 is 11.9 Å². The van der Waals surface area contributed by atoms with Gasteiger partial charge in [0.1, 0.15) is 6.67 Å². The van der Waals surface area contributed by atoms with Gasteiger partial charge < -0.3 is 4.57 Å². The second kappa shape index (κ2) is 5.54. The van der Waals surface area contributed by atoms with Gasteiger partial charge in [-0.1, -0.05) is 18.2 Å². The topological polar surface area (TPSA) is 38.1 Å². The van der Waals surface area contributed by atoms with E-state index in [-0.39, 0.29) is 5.91 Å². The zero-order valence-electron chi connectivity index (χ0n) is 9.48. The number of imidazole rings is 1. The summed E-state index contributed by atoms with van der Waals surface area (Å²) in [6.07, 6.45) is 5.23. The molecule has 4 nitrogen and oxygen atoms in total. The predicted molar refractivity (Wildman–Crippen MR) is 67.0 cm³/mol. The van der Waals surface area contributed by atoms with Gasteiger partial charge >= 0.3 is 0 Å². The molecule has 2 aromatic rings. The number of hydrogen-bond acceptors (Lipinski definition) is 3. The van der Waals surface area contributed by atoms with E-state index in [1.807, 2.05) is 41.1 Å². The molecular formula is C12H13N3OS. The summed E-state index contributed by atoms with van der Waals surface area (Å²) in [7, 11) is 0. The van der Waals surface area contributed by atoms with Crippen LogP contribution in [-0.4, -0.2) is 19.8 Å². The number of aromatic nitrogens is 2. The molecule has 0 aliphatic carbocycles. The predicted octanol–water partition coefficient (Wildman–Crippen LogP) is 2.40. The molecule has 0 N–H and O–H groups in total. The molecule has 17 heavy (non-hydrogen) atoms. The first-order valence-electron chi connectivity index (χ1n) is 5.22. The number of hydrogen-bond donors (Lipinski definition) is 0. The molecule has 0 atom stereocenters. The van der Waals surface area contributed by atoms with Crippen molar-refractivity contribution in [1.82, 2.24) is 13.9 Å². The van der Waals surface area contributed by atoms with E-state index in [1.54, 1.807) is 23.8 Å². The fourth-order valence-electron chi connectivity index (χ4n) is 1.32. The second-order valence-electron chi connectivity index (χ2n) is 3.52. The standard InChI is InChI=1S/C12H13N3OS/c1-11(16)15(10-14-8-7-13-9-14)17-12-5-3-2-4-6-12/h2-9H,10H2,1H3. The van der Waals surface area contributed by atoms with Crippen molar-refractivity contribution in [2.24, 2.45) is 0 Å². The minimum atomic E-state index is 0.0209. The Bertz CT molecular complexity index is 470. The van der Waals surface area contributed by atoms with Crippen molar-refractivity contribution in [3.63, 3.8) is 0 Å². The zero-order valence-corrected chi connectivity index (χ0v) is 10.3. The number of nitrogens with zero attached hydrogens (tertiary/aromatic N) is 3. The highest BCUT2D eigenvalue weighted by Gasteiger charge is 2.10. The lowest BCUT2D eigenvalue weighted by Crippen LogP contribution is -2.23. The van der Waals surface area contributed by atoms with E-state index in [2.05, 4.69) is 4.98 Å². The zero-order chi connectivity index (χ0) is 12.1. The quantitative estimate of drug-likeness (QED) is 0.779. The van der Waals surface area contributed by atoms with Crippen molar-refractivity contribution in [3.8, 4) is 0 Å². The highest BCUT2D eigenvalue weighted by molar-refractivity contribution is 7.97. The van der Waals surface area contributed by atoms with Crippen molar-refractivity contribution in [1.29, 1.82) is 0 Å². The fraction of sp³-hybridized carbons (Fsp3) is 0.167. The van der Waals surface area contributed by atoms with Crippen LogP contribution in [0, 0.1) is 0 Å². The molecule has 0 saturated carbocycles. The monoisotopic (exact) mass is 247 g/mol. The molecule has 1 heterocycles. The van der Waals surface area contributed by atoms with Crippen molar-refractivity contribution in [2.75, 3.05) is 0 Å². The van der Waals surface area contributed by atoms with Gasteiger partial charge in [0.05, 0.1) is 6.33 Å². The van der Waals surface area contributed by atoms with E-state index >= 15 is 0 Å². The van der Waals surface area contributed by atoms with Gasteiger partial charge in [-0.15, -0.1) is 0 Å². The van der Waals surface area contributed by atoms with Crippen LogP contribution in [0.15, 0.2) is 53.9 Å². The Labute approximate surface area is 104 Å². The Morgan fingerprint density at radius 2 is 2.18 bits per heavy atom. The molecule has 0 spiro atoms. The average Bonchev–Trinajstić information content (AvgIpc) is 2.82. The van der Waals surface area contributed by atoms with Crippen molar-refractivity contribution in [3.05, 3.63) is 49.1 Å². The van der Waals surface area contributed by atoms with Crippen LogP contribution < -0.4 is 0 Å². The molecule has 0 aliphatic rings. The van der Waals surface area contributed by atoms with Gasteiger partial charge in [0.15, 0.2) is 0 Å². The van der Waals surface area contributed by atoms with E-state index in [0.717, 1.165) is 4.90 Å². The average molecular weight is 247 g/mol. The van der Waals surface area contributed by atoms with E-state index in [9.17, 15) is 4.79 Å². The van der Waals surface area contributed by atoms with Gasteiger partial charge in [0.2, 0.25) is 5.91 Å². The fourth-order valence-corrected chi connectivity index (χ4v) is 2.17. The number of amides is 1. The van der Waals surface area contributed by atoms with E-state index < -0.39 is 0 Å². The Morgan fingerprint density at radius 3 is 2.76 bits per heavy atom. The first-order chi connectivity index (χ1) is 8.25. The van der Waals surface area contributed by atoms with Gasteiger partial charge in [-0.3, -0.25) is 9.10 Å². The third-order valence-corrected chi connectivity index (χ3v) is 3.24. The molecule has 0 radical (unpaired) electrons. The van der Waals surface area contributed by atoms with Crippen LogP contribution in [0.2, 0.25) is 0 Å². The Morgan fingerprint density at radius 1 is 1.41 bits per heavy atom. The molecule has 0 saturated heterocycles. The molecule has 0 fully saturated rings. The lowest BCUT2D eigenvalue weighted by Gasteiger charge is -2.19. The molecule has 0 aliphatic heterocycles. The smallest absolute Gasteiger partial charge is 0.231 e. The number of carbonyl (C=O) groups excluding carboxylic acids is 1. The van der Waals surface area contributed by atoms with Crippen LogP contribution in [0.1, 0.15) is 6.92 Å². The van der Waals surface area contributed by atoms with Crippen molar-refractivity contribution >= 4 is 17.9 Å². The molecule has 0 bridgehead atoms. The summed E-state index contributed by atoms with van der Waals surface area (Å²) >= 11 is 1.43. The summed E-state index contributed by atoms with van der Waals surface area (Å²) in [6, 6.07) is 9.83. The van der Waals surface area contributed by atoms with Gasteiger partial charge in [-0.2, -0.15) is 0 Å². The van der Waals surface area contributed by atoms with E-state index in [4.69, 9.17) is 0 Å². The minimum absolute atomic E-state index is 0.0209.